The molecular weight excluding hydrogens is 869 g/mol. The summed E-state index contributed by atoms with van der Waals surface area (Å²) in [6.07, 6.45) is 30.4. The lowest BCUT2D eigenvalue weighted by molar-refractivity contribution is -0.929. The van der Waals surface area contributed by atoms with Crippen molar-refractivity contribution >= 4 is 11.9 Å². The van der Waals surface area contributed by atoms with Crippen LogP contribution in [0.25, 0.3) is 0 Å². The number of aliphatic carboxylic acids is 2. The summed E-state index contributed by atoms with van der Waals surface area (Å²) in [5, 5.41) is 35.7. The van der Waals surface area contributed by atoms with Crippen LogP contribution in [0.4, 0.5) is 0 Å². The summed E-state index contributed by atoms with van der Waals surface area (Å²) in [6.45, 7) is 34.8. The molecule has 0 spiro atoms. The topological polar surface area (TPSA) is 121 Å². The predicted octanol–water partition coefficient (Wildman–Crippen LogP) is 12.4. The number of quaternary nitrogens is 2. The Morgan fingerprint density at radius 2 is 0.743 bits per heavy atom. The molecule has 8 nitrogen and oxygen atoms in total. The van der Waals surface area contributed by atoms with Gasteiger partial charge in [-0.3, -0.25) is 0 Å². The highest BCUT2D eigenvalue weighted by atomic mass is 16.4. The van der Waals surface area contributed by atoms with Crippen LogP contribution in [0.3, 0.4) is 0 Å². The lowest BCUT2D eigenvalue weighted by atomic mass is 9.99. The van der Waals surface area contributed by atoms with Crippen molar-refractivity contribution in [3.8, 4) is 0 Å². The normalized spacial score (nSPS) is 14.7. The van der Waals surface area contributed by atoms with Crippen LogP contribution in [0, 0.1) is 11.8 Å². The molecule has 2 N–H and O–H groups in total. The summed E-state index contributed by atoms with van der Waals surface area (Å²) < 4.78 is 2.79. The van der Waals surface area contributed by atoms with Gasteiger partial charge in [0.1, 0.15) is 12.2 Å². The van der Waals surface area contributed by atoms with Gasteiger partial charge in [0.2, 0.25) is 0 Å². The van der Waals surface area contributed by atoms with E-state index in [1.54, 1.807) is 11.1 Å². The zero-order valence-corrected chi connectivity index (χ0v) is 47.4. The van der Waals surface area contributed by atoms with Crippen molar-refractivity contribution in [3.05, 3.63) is 70.8 Å². The van der Waals surface area contributed by atoms with Crippen molar-refractivity contribution < 1.29 is 39.0 Å². The standard InChI is InChI=1S/2C29H54N.C4H6O6/c2*1-6-10-12-14-23-30(22-8-3,25-21-27(5)17-11-7-2)24-15-13-18-29-20-16-19-28(9-4)26-29;5-1(3(7)8)2(6)4(9)10/h2*16,19-20,26-27H,6-15,17-18,21-25H2,1-5H3;1-2,5-6H,(H,7,8)(H,9,10)/q2*+1;/p-2. The Morgan fingerprint density at radius 3 is 1.04 bits per heavy atom. The molecule has 406 valence electrons. The van der Waals surface area contributed by atoms with Crippen LogP contribution in [0.2, 0.25) is 0 Å². The van der Waals surface area contributed by atoms with Crippen LogP contribution in [0.1, 0.15) is 233 Å². The van der Waals surface area contributed by atoms with Gasteiger partial charge in [-0.05, 0) is 137 Å². The van der Waals surface area contributed by atoms with Gasteiger partial charge in [0.25, 0.3) is 0 Å². The number of hydrogen-bond acceptors (Lipinski definition) is 6. The van der Waals surface area contributed by atoms with Crippen molar-refractivity contribution in [1.29, 1.82) is 0 Å². The fraction of sp³-hybridized carbons (Fsp3) is 0.774. The van der Waals surface area contributed by atoms with Crippen molar-refractivity contribution in [3.63, 3.8) is 0 Å². The number of carboxylic acid groups (broad SMARTS) is 2. The van der Waals surface area contributed by atoms with Gasteiger partial charge >= 0.3 is 0 Å². The van der Waals surface area contributed by atoms with E-state index in [-0.39, 0.29) is 0 Å². The molecule has 6 atom stereocenters. The number of nitrogens with zero attached hydrogens (tertiary/aromatic N) is 2. The number of benzene rings is 2. The Balaban J connectivity index is 0.00000114. The Labute approximate surface area is 432 Å². The third-order valence-electron chi connectivity index (χ3n) is 14.9. The second-order valence-electron chi connectivity index (χ2n) is 21.5. The van der Waals surface area contributed by atoms with Gasteiger partial charge in [0.15, 0.2) is 0 Å². The highest BCUT2D eigenvalue weighted by Gasteiger charge is 2.28. The number of rotatable bonds is 41. The highest BCUT2D eigenvalue weighted by Crippen LogP contribution is 2.23. The van der Waals surface area contributed by atoms with Gasteiger partial charge in [0.05, 0.1) is 64.3 Å². The number of hydrogen-bond donors (Lipinski definition) is 2. The molecule has 0 radical (unpaired) electrons. The molecule has 0 bridgehead atoms. The van der Waals surface area contributed by atoms with Gasteiger partial charge < -0.3 is 39.0 Å². The van der Waals surface area contributed by atoms with Crippen molar-refractivity contribution in [2.24, 2.45) is 11.8 Å². The van der Waals surface area contributed by atoms with E-state index in [1.807, 2.05) is 0 Å². The molecule has 2 rings (SSSR count). The minimum atomic E-state index is -2.44. The largest absolute Gasteiger partial charge is 0.547 e. The number of unbranched alkanes of at least 4 members (excludes halogenated alkanes) is 10. The first kappa shape index (κ1) is 67.2. The van der Waals surface area contributed by atoms with Gasteiger partial charge in [-0.2, -0.15) is 0 Å². The lowest BCUT2D eigenvalue weighted by Crippen LogP contribution is -2.51. The Kier molecular flexibility index (Phi) is 41.0. The Morgan fingerprint density at radius 1 is 0.414 bits per heavy atom. The maximum absolute atomic E-state index is 9.63. The SMILES string of the molecule is CCCCCC[N+](CCC)(CCCCc1cccc(CC)c1)CCC(C)CCCC.CCCCCC[N+](CCC)(CCCCc1cccc(CC)c1)CCC(C)CCCC.O=C([O-])C(O)C(O)C(=O)[O-]. The fourth-order valence-electron chi connectivity index (χ4n) is 10.2. The zero-order valence-electron chi connectivity index (χ0n) is 47.4. The molecule has 70 heavy (non-hydrogen) atoms. The molecule has 2 aromatic carbocycles. The molecule has 8 heteroatoms. The van der Waals surface area contributed by atoms with Crippen LogP contribution in [-0.2, 0) is 35.3 Å². The van der Waals surface area contributed by atoms with Crippen LogP contribution in [0.5, 0.6) is 0 Å². The number of carbonyl (C=O) groups excluding carboxylic acids is 2. The van der Waals surface area contributed by atoms with Crippen LogP contribution >= 0.6 is 0 Å². The smallest absolute Gasteiger partial charge is 0.124 e. The molecule has 0 saturated heterocycles. The van der Waals surface area contributed by atoms with Gasteiger partial charge in [-0.15, -0.1) is 0 Å². The van der Waals surface area contributed by atoms with Gasteiger partial charge in [0, 0.05) is 0 Å². The van der Waals surface area contributed by atoms with Crippen molar-refractivity contribution in [2.75, 3.05) is 52.4 Å². The number of carbonyl (C=O) groups is 2. The van der Waals surface area contributed by atoms with Crippen molar-refractivity contribution in [1.82, 2.24) is 0 Å². The van der Waals surface area contributed by atoms with Crippen LogP contribution in [0.15, 0.2) is 48.5 Å². The Hall–Kier alpha value is -2.78. The molecule has 2 aromatic rings. The van der Waals surface area contributed by atoms with E-state index in [0.29, 0.717) is 0 Å². The summed E-state index contributed by atoms with van der Waals surface area (Å²) >= 11 is 0. The van der Waals surface area contributed by atoms with Crippen LogP contribution < -0.4 is 10.2 Å². The van der Waals surface area contributed by atoms with E-state index in [1.165, 1.54) is 227 Å². The molecule has 0 heterocycles. The van der Waals surface area contributed by atoms with Gasteiger partial charge in [-0.25, -0.2) is 0 Å². The van der Waals surface area contributed by atoms with E-state index in [9.17, 15) is 19.8 Å². The van der Waals surface area contributed by atoms with Gasteiger partial charge in [-0.1, -0.05) is 182 Å². The number of carboxylic acids is 2. The van der Waals surface area contributed by atoms with Crippen molar-refractivity contribution in [2.45, 2.75) is 248 Å². The first-order chi connectivity index (χ1) is 33.6. The second-order valence-corrected chi connectivity index (χ2v) is 21.5. The second kappa shape index (κ2) is 42.7. The lowest BCUT2D eigenvalue weighted by Gasteiger charge is -2.40. The van der Waals surface area contributed by atoms with E-state index in [0.717, 1.165) is 24.7 Å². The minimum absolute atomic E-state index is 0.895. The summed E-state index contributed by atoms with van der Waals surface area (Å²) in [7, 11) is 0. The molecule has 6 unspecified atom stereocenters. The Bertz CT molecular complexity index is 1440. The predicted molar refractivity (Wildman–Crippen MR) is 294 cm³/mol. The first-order valence-electron chi connectivity index (χ1n) is 29.3. The summed E-state index contributed by atoms with van der Waals surface area (Å²) in [4.78, 5) is 19.3. The molecule has 0 aliphatic carbocycles. The van der Waals surface area contributed by atoms with Crippen LogP contribution in [-0.4, -0.2) is 95.7 Å². The molecule has 0 saturated carbocycles. The number of aryl methyl sites for hydroxylation is 4. The molecule has 0 aliphatic heterocycles. The number of aliphatic hydroxyl groups is 2. The average Bonchev–Trinajstić information content (AvgIpc) is 3.36. The summed E-state index contributed by atoms with van der Waals surface area (Å²) in [6, 6.07) is 18.5. The summed E-state index contributed by atoms with van der Waals surface area (Å²) in [5.41, 5.74) is 6.05. The maximum atomic E-state index is 9.63. The third-order valence-corrected chi connectivity index (χ3v) is 14.9. The molecular formula is C62H112N2O6. The molecule has 0 fully saturated rings. The minimum Gasteiger partial charge on any atom is -0.547 e. The van der Waals surface area contributed by atoms with E-state index in [2.05, 4.69) is 118 Å². The van der Waals surface area contributed by atoms with E-state index < -0.39 is 24.1 Å². The average molecular weight is 982 g/mol. The zero-order chi connectivity index (χ0) is 52.5. The number of aliphatic hydroxyl groups excluding tert-OH is 2. The first-order valence-corrected chi connectivity index (χ1v) is 29.3. The fourth-order valence-corrected chi connectivity index (χ4v) is 10.2. The third kappa shape index (κ3) is 32.3. The van der Waals surface area contributed by atoms with E-state index >= 15 is 0 Å². The summed E-state index contributed by atoms with van der Waals surface area (Å²) in [5.74, 6) is -2.33. The highest BCUT2D eigenvalue weighted by molar-refractivity contribution is 5.80. The molecule has 0 amide bonds. The maximum Gasteiger partial charge on any atom is 0.124 e. The van der Waals surface area contributed by atoms with E-state index in [4.69, 9.17) is 10.2 Å². The monoisotopic (exact) mass is 981 g/mol. The molecule has 0 aromatic heterocycles. The molecule has 0 aliphatic rings. The quantitative estimate of drug-likeness (QED) is 0.0506.